The quantitative estimate of drug-likeness (QED) is 0.448. The lowest BCUT2D eigenvalue weighted by Gasteiger charge is -2.36. The fourth-order valence-corrected chi connectivity index (χ4v) is 6.30. The van der Waals surface area contributed by atoms with Crippen LogP contribution >= 0.6 is 0 Å². The molecule has 11 nitrogen and oxygen atoms in total. The van der Waals surface area contributed by atoms with Gasteiger partial charge in [-0.25, -0.2) is 4.79 Å². The van der Waals surface area contributed by atoms with Crippen molar-refractivity contribution in [2.45, 2.75) is 95.7 Å². The Hall–Kier alpha value is -3.47. The topological polar surface area (TPSA) is 139 Å². The van der Waals surface area contributed by atoms with Gasteiger partial charge >= 0.3 is 6.09 Å². The minimum Gasteiger partial charge on any atom is -0.444 e. The first-order chi connectivity index (χ1) is 19.6. The normalized spacial score (nSPS) is 21.0. The Morgan fingerprint density at radius 2 is 1.66 bits per heavy atom. The number of ether oxygens (including phenoxy) is 1. The molecule has 4 N–H and O–H groups in total. The van der Waals surface area contributed by atoms with Crippen LogP contribution in [0.1, 0.15) is 94.1 Å². The van der Waals surface area contributed by atoms with Gasteiger partial charge in [-0.15, -0.1) is 10.2 Å². The lowest BCUT2D eigenvalue weighted by Crippen LogP contribution is -2.49. The molecule has 2 saturated heterocycles. The van der Waals surface area contributed by atoms with Crippen molar-refractivity contribution in [3.8, 4) is 0 Å². The molecule has 3 aliphatic rings. The Balaban J connectivity index is 1.22. The first-order valence-electron chi connectivity index (χ1n) is 15.0. The molecule has 1 atom stereocenters. The molecule has 1 aromatic carbocycles. The zero-order valence-corrected chi connectivity index (χ0v) is 24.6. The van der Waals surface area contributed by atoms with Crippen LogP contribution in [0.5, 0.6) is 0 Å². The average Bonchev–Trinajstić information content (AvgIpc) is 3.48. The summed E-state index contributed by atoms with van der Waals surface area (Å²) in [6, 6.07) is 9.04. The largest absolute Gasteiger partial charge is 0.444 e. The standard InChI is InChI=1S/C30H44N8O3/c1-30(2,3)41-29(40)33-23-7-6-16-38(19-23)28-34-27(25(26(31)39)35-36-28)32-22-12-10-20(11-13-22)21-14-17-37(18-15-21)24-8-4-5-9-24/h10-13,21,23-24H,4-9,14-19H2,1-3H3,(H2,31,39)(H,33,40)(H,32,34,36). The summed E-state index contributed by atoms with van der Waals surface area (Å²) in [6.45, 7) is 9.07. The molecule has 41 heavy (non-hydrogen) atoms. The van der Waals surface area contributed by atoms with Crippen LogP contribution in [0.2, 0.25) is 0 Å². The van der Waals surface area contributed by atoms with Gasteiger partial charge in [-0.2, -0.15) is 4.98 Å². The predicted molar refractivity (Wildman–Crippen MR) is 158 cm³/mol. The van der Waals surface area contributed by atoms with Crippen molar-refractivity contribution in [2.75, 3.05) is 36.4 Å². The monoisotopic (exact) mass is 564 g/mol. The Morgan fingerprint density at radius 1 is 0.951 bits per heavy atom. The number of aromatic nitrogens is 3. The van der Waals surface area contributed by atoms with Crippen molar-refractivity contribution >= 4 is 29.5 Å². The van der Waals surface area contributed by atoms with Gasteiger partial charge in [0.1, 0.15) is 5.60 Å². The fraction of sp³-hybridized carbons (Fsp3) is 0.633. The molecule has 1 aliphatic carbocycles. The fourth-order valence-electron chi connectivity index (χ4n) is 6.30. The highest BCUT2D eigenvalue weighted by molar-refractivity contribution is 5.96. The lowest BCUT2D eigenvalue weighted by molar-refractivity contribution is 0.0499. The molecule has 1 unspecified atom stereocenters. The molecule has 222 valence electrons. The summed E-state index contributed by atoms with van der Waals surface area (Å²) in [5.41, 5.74) is 7.16. The Morgan fingerprint density at radius 3 is 2.32 bits per heavy atom. The molecular weight excluding hydrogens is 520 g/mol. The van der Waals surface area contributed by atoms with E-state index in [1.165, 1.54) is 57.2 Å². The van der Waals surface area contributed by atoms with Crippen molar-refractivity contribution in [1.29, 1.82) is 0 Å². The Bertz CT molecular complexity index is 1200. The molecule has 3 fully saturated rings. The third-order valence-electron chi connectivity index (χ3n) is 8.35. The van der Waals surface area contributed by atoms with Gasteiger partial charge in [0.05, 0.1) is 0 Å². The molecule has 5 rings (SSSR count). The van der Waals surface area contributed by atoms with Crippen LogP contribution in [0, 0.1) is 0 Å². The van der Waals surface area contributed by atoms with Crippen LogP contribution in [0.25, 0.3) is 0 Å². The van der Waals surface area contributed by atoms with E-state index in [0.717, 1.165) is 24.6 Å². The van der Waals surface area contributed by atoms with Crippen molar-refractivity contribution < 1.29 is 14.3 Å². The number of nitrogens with two attached hydrogens (primary N) is 1. The number of benzene rings is 1. The van der Waals surface area contributed by atoms with Crippen LogP contribution < -0.4 is 21.3 Å². The summed E-state index contributed by atoms with van der Waals surface area (Å²) in [6.07, 6.45) is 9.07. The third-order valence-corrected chi connectivity index (χ3v) is 8.35. The van der Waals surface area contributed by atoms with E-state index < -0.39 is 17.6 Å². The van der Waals surface area contributed by atoms with Crippen LogP contribution in [-0.2, 0) is 4.74 Å². The number of amides is 2. The van der Waals surface area contributed by atoms with E-state index in [1.807, 2.05) is 37.8 Å². The second kappa shape index (κ2) is 12.6. The van der Waals surface area contributed by atoms with Crippen molar-refractivity contribution in [1.82, 2.24) is 25.4 Å². The smallest absolute Gasteiger partial charge is 0.407 e. The summed E-state index contributed by atoms with van der Waals surface area (Å²) < 4.78 is 5.41. The Kier molecular flexibility index (Phi) is 8.91. The number of likely N-dealkylation sites (tertiary alicyclic amines) is 1. The number of rotatable bonds is 7. The third kappa shape index (κ3) is 7.63. The van der Waals surface area contributed by atoms with Crippen molar-refractivity contribution in [3.05, 3.63) is 35.5 Å². The van der Waals surface area contributed by atoms with E-state index in [0.29, 0.717) is 25.0 Å². The maximum atomic E-state index is 12.3. The number of carbonyl (C=O) groups is 2. The molecular formula is C30H44N8O3. The lowest BCUT2D eigenvalue weighted by atomic mass is 9.88. The summed E-state index contributed by atoms with van der Waals surface area (Å²) in [5, 5.41) is 14.5. The zero-order valence-electron chi connectivity index (χ0n) is 24.6. The summed E-state index contributed by atoms with van der Waals surface area (Å²) >= 11 is 0. The summed E-state index contributed by atoms with van der Waals surface area (Å²) in [5.74, 6) is 0.505. The number of piperidine rings is 2. The zero-order chi connectivity index (χ0) is 29.0. The van der Waals surface area contributed by atoms with Gasteiger partial charge in [-0.05, 0) is 96.0 Å². The number of nitrogens with zero attached hydrogens (tertiary/aromatic N) is 5. The van der Waals surface area contributed by atoms with Crippen molar-refractivity contribution in [2.24, 2.45) is 5.73 Å². The Labute approximate surface area is 242 Å². The van der Waals surface area contributed by atoms with Gasteiger partial charge in [0, 0.05) is 30.9 Å². The van der Waals surface area contributed by atoms with Crippen LogP contribution in [0.3, 0.4) is 0 Å². The number of hydrogen-bond donors (Lipinski definition) is 3. The highest BCUT2D eigenvalue weighted by atomic mass is 16.6. The second-order valence-corrected chi connectivity index (χ2v) is 12.6. The first-order valence-corrected chi connectivity index (χ1v) is 15.0. The summed E-state index contributed by atoms with van der Waals surface area (Å²) in [7, 11) is 0. The number of hydrogen-bond acceptors (Lipinski definition) is 9. The average molecular weight is 565 g/mol. The van der Waals surface area contributed by atoms with Gasteiger partial charge in [0.15, 0.2) is 11.5 Å². The molecule has 1 aromatic heterocycles. The maximum absolute atomic E-state index is 12.3. The molecule has 0 radical (unpaired) electrons. The van der Waals surface area contributed by atoms with Crippen LogP contribution in [0.15, 0.2) is 24.3 Å². The van der Waals surface area contributed by atoms with E-state index in [-0.39, 0.29) is 17.6 Å². The number of primary amides is 1. The van der Waals surface area contributed by atoms with E-state index in [4.69, 9.17) is 10.5 Å². The van der Waals surface area contributed by atoms with Gasteiger partial charge in [-0.1, -0.05) is 25.0 Å². The van der Waals surface area contributed by atoms with E-state index in [9.17, 15) is 9.59 Å². The molecule has 2 amide bonds. The number of alkyl carbamates (subject to hydrolysis) is 1. The summed E-state index contributed by atoms with van der Waals surface area (Å²) in [4.78, 5) is 33.7. The molecule has 1 saturated carbocycles. The highest BCUT2D eigenvalue weighted by Crippen LogP contribution is 2.33. The van der Waals surface area contributed by atoms with Gasteiger partial charge in [0.25, 0.3) is 5.91 Å². The number of carbonyl (C=O) groups excluding carboxylic acids is 2. The molecule has 11 heteroatoms. The maximum Gasteiger partial charge on any atom is 0.407 e. The minimum atomic E-state index is -0.701. The van der Waals surface area contributed by atoms with E-state index >= 15 is 0 Å². The predicted octanol–water partition coefficient (Wildman–Crippen LogP) is 4.33. The molecule has 2 aromatic rings. The molecule has 0 spiro atoms. The van der Waals surface area contributed by atoms with Crippen molar-refractivity contribution in [3.63, 3.8) is 0 Å². The van der Waals surface area contributed by atoms with E-state index in [1.54, 1.807) is 0 Å². The minimum absolute atomic E-state index is 0.0162. The SMILES string of the molecule is CC(C)(C)OC(=O)NC1CCCN(c2nnc(C(N)=O)c(Nc3ccc(C4CCN(C5CCCC5)CC4)cc3)n2)C1. The molecule has 0 bridgehead atoms. The van der Waals surface area contributed by atoms with E-state index in [2.05, 4.69) is 42.8 Å². The second-order valence-electron chi connectivity index (χ2n) is 12.6. The highest BCUT2D eigenvalue weighted by Gasteiger charge is 2.29. The van der Waals surface area contributed by atoms with Crippen LogP contribution in [0.4, 0.5) is 22.2 Å². The molecule has 3 heterocycles. The number of anilines is 3. The number of nitrogens with one attached hydrogen (secondary N) is 2. The van der Waals surface area contributed by atoms with Gasteiger partial charge < -0.3 is 30.9 Å². The first kappa shape index (κ1) is 29.0. The van der Waals surface area contributed by atoms with Gasteiger partial charge in [0.2, 0.25) is 5.95 Å². The molecule has 2 aliphatic heterocycles. The van der Waals surface area contributed by atoms with Gasteiger partial charge in [-0.3, -0.25) is 4.79 Å². The van der Waals surface area contributed by atoms with Crippen LogP contribution in [-0.4, -0.2) is 75.9 Å².